The maximum atomic E-state index is 15.4. The number of amidine groups is 1. The highest BCUT2D eigenvalue weighted by Crippen LogP contribution is 2.50. The number of hydrogen-bond acceptors (Lipinski definition) is 4. The molecule has 28 heavy (non-hydrogen) atoms. The maximum absolute atomic E-state index is 15.4. The fourth-order valence-corrected chi connectivity index (χ4v) is 3.39. The lowest BCUT2D eigenvalue weighted by molar-refractivity contribution is -0.214. The molecule has 0 radical (unpaired) electrons. The van der Waals surface area contributed by atoms with E-state index in [2.05, 4.69) is 9.98 Å². The van der Waals surface area contributed by atoms with Gasteiger partial charge in [0.05, 0.1) is 6.20 Å². The molecule has 2 N–H and O–H groups in total. The number of aromatic nitrogens is 1. The van der Waals surface area contributed by atoms with Crippen LogP contribution in [0.1, 0.15) is 37.5 Å². The Balaban J connectivity index is 2.11. The van der Waals surface area contributed by atoms with Gasteiger partial charge in [0, 0.05) is 11.8 Å². The average molecular weight is 395 g/mol. The minimum Gasteiger partial charge on any atom is -0.385 e. The molecule has 0 saturated carbocycles. The van der Waals surface area contributed by atoms with E-state index >= 15 is 8.78 Å². The van der Waals surface area contributed by atoms with Gasteiger partial charge in [0.2, 0.25) is 0 Å². The molecule has 1 aromatic heterocycles. The Morgan fingerprint density at radius 2 is 1.79 bits per heavy atom. The SMILES string of the molecule is CC1(C)OCC(N)=N[C@](C)(c2cc(Cc3cncc(F)c3)ccc2F)C1(F)F. The summed E-state index contributed by atoms with van der Waals surface area (Å²) < 4.78 is 64.2. The van der Waals surface area contributed by atoms with Gasteiger partial charge in [0.1, 0.15) is 29.7 Å². The van der Waals surface area contributed by atoms with Crippen molar-refractivity contribution in [1.82, 2.24) is 4.98 Å². The fourth-order valence-electron chi connectivity index (χ4n) is 3.39. The normalized spacial score (nSPS) is 23.8. The minimum absolute atomic E-state index is 0.146. The molecule has 0 unspecified atom stereocenters. The van der Waals surface area contributed by atoms with Crippen LogP contribution in [-0.2, 0) is 16.7 Å². The van der Waals surface area contributed by atoms with Crippen LogP contribution in [0.15, 0.2) is 41.7 Å². The molecule has 1 aliphatic heterocycles. The van der Waals surface area contributed by atoms with Crippen molar-refractivity contribution in [1.29, 1.82) is 0 Å². The van der Waals surface area contributed by atoms with Crippen LogP contribution >= 0.6 is 0 Å². The highest BCUT2D eigenvalue weighted by Gasteiger charge is 2.63. The second kappa shape index (κ2) is 6.84. The quantitative estimate of drug-likeness (QED) is 0.800. The third-order valence-corrected chi connectivity index (χ3v) is 5.04. The van der Waals surface area contributed by atoms with Gasteiger partial charge in [-0.05, 0) is 56.5 Å². The van der Waals surface area contributed by atoms with Crippen LogP contribution in [-0.4, -0.2) is 29.0 Å². The summed E-state index contributed by atoms with van der Waals surface area (Å²) in [5.74, 6) is -5.07. The Morgan fingerprint density at radius 3 is 2.46 bits per heavy atom. The molecule has 2 heterocycles. The molecule has 1 aliphatic rings. The number of aliphatic imine (C=N–C) groups is 1. The van der Waals surface area contributed by atoms with Crippen LogP contribution in [0.25, 0.3) is 0 Å². The topological polar surface area (TPSA) is 60.5 Å². The molecule has 8 heteroatoms. The van der Waals surface area contributed by atoms with Crippen LogP contribution in [0.4, 0.5) is 17.6 Å². The number of nitrogens with two attached hydrogens (primary N) is 1. The second-order valence-electron chi connectivity index (χ2n) is 7.55. The fraction of sp³-hybridized carbons (Fsp3) is 0.400. The van der Waals surface area contributed by atoms with E-state index in [1.54, 1.807) is 0 Å². The van der Waals surface area contributed by atoms with Gasteiger partial charge in [0.15, 0.2) is 5.54 Å². The summed E-state index contributed by atoms with van der Waals surface area (Å²) in [6, 6.07) is 5.15. The van der Waals surface area contributed by atoms with E-state index in [1.165, 1.54) is 38.2 Å². The molecular formula is C20H21F4N3O. The van der Waals surface area contributed by atoms with Gasteiger partial charge in [-0.25, -0.2) is 17.6 Å². The van der Waals surface area contributed by atoms with E-state index < -0.39 is 28.7 Å². The zero-order valence-electron chi connectivity index (χ0n) is 15.8. The first-order valence-electron chi connectivity index (χ1n) is 8.70. The van der Waals surface area contributed by atoms with E-state index in [0.717, 1.165) is 19.2 Å². The summed E-state index contributed by atoms with van der Waals surface area (Å²) >= 11 is 0. The van der Waals surface area contributed by atoms with Gasteiger partial charge in [-0.1, -0.05) is 6.07 Å². The Labute approximate surface area is 160 Å². The van der Waals surface area contributed by atoms with E-state index in [0.29, 0.717) is 11.1 Å². The molecule has 150 valence electrons. The highest BCUT2D eigenvalue weighted by molar-refractivity contribution is 5.82. The second-order valence-corrected chi connectivity index (χ2v) is 7.55. The monoisotopic (exact) mass is 395 g/mol. The van der Waals surface area contributed by atoms with Crippen molar-refractivity contribution in [3.8, 4) is 0 Å². The van der Waals surface area contributed by atoms with Crippen molar-refractivity contribution in [2.75, 3.05) is 6.61 Å². The van der Waals surface area contributed by atoms with E-state index in [4.69, 9.17) is 10.5 Å². The zero-order chi connectivity index (χ0) is 20.7. The number of benzene rings is 1. The van der Waals surface area contributed by atoms with Gasteiger partial charge in [0.25, 0.3) is 0 Å². The van der Waals surface area contributed by atoms with E-state index in [-0.39, 0.29) is 24.4 Å². The first-order valence-corrected chi connectivity index (χ1v) is 8.70. The number of halogens is 4. The van der Waals surface area contributed by atoms with Crippen molar-refractivity contribution in [2.24, 2.45) is 10.7 Å². The summed E-state index contributed by atoms with van der Waals surface area (Å²) in [5, 5.41) is 0. The van der Waals surface area contributed by atoms with Crippen LogP contribution < -0.4 is 5.73 Å². The van der Waals surface area contributed by atoms with E-state index in [9.17, 15) is 8.78 Å². The first-order chi connectivity index (χ1) is 13.0. The molecule has 2 aromatic rings. The lowest BCUT2D eigenvalue weighted by Crippen LogP contribution is -2.56. The number of hydrogen-bond donors (Lipinski definition) is 1. The van der Waals surface area contributed by atoms with Gasteiger partial charge in [-0.2, -0.15) is 0 Å². The Morgan fingerprint density at radius 1 is 1.07 bits per heavy atom. The van der Waals surface area contributed by atoms with Crippen LogP contribution in [0.2, 0.25) is 0 Å². The molecule has 3 rings (SSSR count). The van der Waals surface area contributed by atoms with Crippen molar-refractivity contribution >= 4 is 5.84 Å². The van der Waals surface area contributed by atoms with Crippen LogP contribution in [0.5, 0.6) is 0 Å². The predicted molar refractivity (Wildman–Crippen MR) is 97.4 cm³/mol. The molecule has 0 spiro atoms. The predicted octanol–water partition coefficient (Wildman–Crippen LogP) is 3.97. The van der Waals surface area contributed by atoms with Gasteiger partial charge in [-0.15, -0.1) is 0 Å². The number of nitrogens with zero attached hydrogens (tertiary/aromatic N) is 2. The van der Waals surface area contributed by atoms with Crippen molar-refractivity contribution in [3.63, 3.8) is 0 Å². The number of alkyl halides is 2. The molecule has 0 fully saturated rings. The van der Waals surface area contributed by atoms with Gasteiger partial charge >= 0.3 is 5.92 Å². The van der Waals surface area contributed by atoms with E-state index in [1.807, 2.05) is 0 Å². The zero-order valence-corrected chi connectivity index (χ0v) is 15.8. The Bertz CT molecular complexity index is 929. The van der Waals surface area contributed by atoms with Crippen LogP contribution in [0, 0.1) is 11.6 Å². The number of rotatable bonds is 3. The number of ether oxygens (including phenoxy) is 1. The van der Waals surface area contributed by atoms with Crippen molar-refractivity contribution in [3.05, 3.63) is 65.0 Å². The Hall–Kier alpha value is -2.48. The van der Waals surface area contributed by atoms with Gasteiger partial charge < -0.3 is 10.5 Å². The highest BCUT2D eigenvalue weighted by atomic mass is 19.3. The van der Waals surface area contributed by atoms with Crippen LogP contribution in [0.3, 0.4) is 0 Å². The molecule has 4 nitrogen and oxygen atoms in total. The third-order valence-electron chi connectivity index (χ3n) is 5.04. The summed E-state index contributed by atoms with van der Waals surface area (Å²) in [5.41, 5.74) is 2.26. The first kappa shape index (κ1) is 20.3. The van der Waals surface area contributed by atoms with Crippen molar-refractivity contribution in [2.45, 2.75) is 44.3 Å². The summed E-state index contributed by atoms with van der Waals surface area (Å²) in [4.78, 5) is 7.72. The van der Waals surface area contributed by atoms with Gasteiger partial charge in [-0.3, -0.25) is 9.98 Å². The lowest BCUT2D eigenvalue weighted by atomic mass is 9.77. The maximum Gasteiger partial charge on any atom is 0.304 e. The molecule has 1 aromatic carbocycles. The molecule has 0 aliphatic carbocycles. The average Bonchev–Trinajstić information content (AvgIpc) is 2.66. The third kappa shape index (κ3) is 3.37. The standard InChI is InChI=1S/C20H21F4N3O/c1-18(2)20(23,24)19(3,27-17(25)11-28-18)15-8-12(4-5-16(15)22)6-13-7-14(21)10-26-9-13/h4-5,7-10H,6,11H2,1-3H3,(H2,25,27)/t19-/m1/s1. The summed E-state index contributed by atoms with van der Waals surface area (Å²) in [7, 11) is 0. The molecule has 1 atom stereocenters. The van der Waals surface area contributed by atoms with Crippen molar-refractivity contribution < 1.29 is 22.3 Å². The molecular weight excluding hydrogens is 374 g/mol. The Kier molecular flexibility index (Phi) is 4.95. The lowest BCUT2D eigenvalue weighted by Gasteiger charge is -2.42. The smallest absolute Gasteiger partial charge is 0.304 e. The largest absolute Gasteiger partial charge is 0.385 e. The molecule has 0 saturated heterocycles. The number of pyridine rings is 1. The molecule has 0 bridgehead atoms. The summed E-state index contributed by atoms with van der Waals surface area (Å²) in [6.45, 7) is 3.30. The molecule has 0 amide bonds. The minimum atomic E-state index is -3.57. The summed E-state index contributed by atoms with van der Waals surface area (Å²) in [6.07, 6.45) is 2.71.